The lowest BCUT2D eigenvalue weighted by Crippen LogP contribution is -2.32. The highest BCUT2D eigenvalue weighted by Crippen LogP contribution is 2.32. The number of anilines is 1. The summed E-state index contributed by atoms with van der Waals surface area (Å²) >= 11 is 0. The molecule has 1 amide bonds. The third-order valence-electron chi connectivity index (χ3n) is 3.02. The van der Waals surface area contributed by atoms with Crippen molar-refractivity contribution in [2.75, 3.05) is 11.4 Å². The number of carbonyl (C=O) groups is 1. The van der Waals surface area contributed by atoms with Crippen LogP contribution in [-0.4, -0.2) is 17.6 Å². The molecule has 0 aliphatic rings. The van der Waals surface area contributed by atoms with E-state index < -0.39 is 17.6 Å². The fourth-order valence-corrected chi connectivity index (χ4v) is 1.97. The van der Waals surface area contributed by atoms with Gasteiger partial charge in [-0.3, -0.25) is 4.79 Å². The third-order valence-corrected chi connectivity index (χ3v) is 3.02. The molecule has 0 saturated heterocycles. The van der Waals surface area contributed by atoms with E-state index in [-0.39, 0.29) is 24.3 Å². The molecular formula is C15H12F3N3O2. The van der Waals surface area contributed by atoms with Gasteiger partial charge in [0.2, 0.25) is 0 Å². The lowest BCUT2D eigenvalue weighted by Gasteiger charge is -2.21. The van der Waals surface area contributed by atoms with Gasteiger partial charge >= 0.3 is 6.18 Å². The van der Waals surface area contributed by atoms with E-state index in [1.54, 1.807) is 6.92 Å². The van der Waals surface area contributed by atoms with Gasteiger partial charge in [-0.2, -0.15) is 18.4 Å². The number of carbonyl (C=O) groups excluding carboxylic acids is 1. The van der Waals surface area contributed by atoms with Crippen molar-refractivity contribution in [3.05, 3.63) is 47.3 Å². The number of rotatable bonds is 4. The van der Waals surface area contributed by atoms with Gasteiger partial charge in [0.15, 0.2) is 5.69 Å². The van der Waals surface area contributed by atoms with Gasteiger partial charge in [-0.15, -0.1) is 0 Å². The number of benzene rings is 1. The van der Waals surface area contributed by atoms with Crippen LogP contribution in [0.15, 0.2) is 34.9 Å². The molecule has 120 valence electrons. The summed E-state index contributed by atoms with van der Waals surface area (Å²) in [5.41, 5.74) is -0.861. The van der Waals surface area contributed by atoms with Crippen molar-refractivity contribution >= 4 is 11.6 Å². The van der Waals surface area contributed by atoms with Gasteiger partial charge in [-0.25, -0.2) is 0 Å². The van der Waals surface area contributed by atoms with Crippen LogP contribution in [0.25, 0.3) is 0 Å². The van der Waals surface area contributed by atoms with Crippen LogP contribution >= 0.6 is 0 Å². The van der Waals surface area contributed by atoms with Crippen LogP contribution in [0, 0.1) is 18.3 Å². The SMILES string of the molecule is Cc1cc(C(=O)N(CCC#N)c2cccc(C(F)(F)F)c2)no1. The molecule has 5 nitrogen and oxygen atoms in total. The molecule has 2 aromatic rings. The number of alkyl halides is 3. The molecule has 2 rings (SSSR count). The van der Waals surface area contributed by atoms with Gasteiger partial charge in [0, 0.05) is 18.3 Å². The van der Waals surface area contributed by atoms with Gasteiger partial charge in [0.05, 0.1) is 18.1 Å². The molecule has 0 spiro atoms. The predicted octanol–water partition coefficient (Wildman–Crippen LogP) is 3.56. The second-order valence-electron chi connectivity index (χ2n) is 4.74. The van der Waals surface area contributed by atoms with E-state index in [0.29, 0.717) is 5.76 Å². The summed E-state index contributed by atoms with van der Waals surface area (Å²) in [6.45, 7) is 1.54. The molecule has 1 heterocycles. The fraction of sp³-hybridized carbons (Fsp3) is 0.267. The summed E-state index contributed by atoms with van der Waals surface area (Å²) < 4.78 is 43.3. The number of nitriles is 1. The number of amides is 1. The van der Waals surface area contributed by atoms with Crippen LogP contribution in [0.5, 0.6) is 0 Å². The molecule has 1 aromatic carbocycles. The van der Waals surface area contributed by atoms with Gasteiger partial charge in [0.1, 0.15) is 5.76 Å². The summed E-state index contributed by atoms with van der Waals surface area (Å²) in [5, 5.41) is 12.3. The first-order valence-corrected chi connectivity index (χ1v) is 6.62. The van der Waals surface area contributed by atoms with E-state index >= 15 is 0 Å². The average Bonchev–Trinajstić information content (AvgIpc) is 2.93. The lowest BCUT2D eigenvalue weighted by molar-refractivity contribution is -0.137. The number of aryl methyl sites for hydroxylation is 1. The molecule has 0 atom stereocenters. The van der Waals surface area contributed by atoms with Crippen LogP contribution in [0.4, 0.5) is 18.9 Å². The summed E-state index contributed by atoms with van der Waals surface area (Å²) in [6, 6.07) is 7.60. The molecule has 0 N–H and O–H groups in total. The predicted molar refractivity (Wildman–Crippen MR) is 74.6 cm³/mol. The normalized spacial score (nSPS) is 11.1. The number of hydrogen-bond donors (Lipinski definition) is 0. The molecule has 0 saturated carbocycles. The number of nitrogens with zero attached hydrogens (tertiary/aromatic N) is 3. The van der Waals surface area contributed by atoms with E-state index in [1.165, 1.54) is 18.2 Å². The van der Waals surface area contributed by atoms with Gasteiger partial charge in [-0.05, 0) is 25.1 Å². The Hall–Kier alpha value is -2.82. The quantitative estimate of drug-likeness (QED) is 0.862. The van der Waals surface area contributed by atoms with E-state index in [4.69, 9.17) is 9.78 Å². The van der Waals surface area contributed by atoms with Crippen LogP contribution < -0.4 is 4.90 Å². The molecule has 0 unspecified atom stereocenters. The largest absolute Gasteiger partial charge is 0.416 e. The Balaban J connectivity index is 2.39. The summed E-state index contributed by atoms with van der Waals surface area (Å²) in [4.78, 5) is 13.5. The van der Waals surface area contributed by atoms with Crippen molar-refractivity contribution in [1.82, 2.24) is 5.16 Å². The minimum Gasteiger partial charge on any atom is -0.361 e. The second-order valence-corrected chi connectivity index (χ2v) is 4.74. The van der Waals surface area contributed by atoms with Crippen LogP contribution in [0.1, 0.15) is 28.2 Å². The van der Waals surface area contributed by atoms with Crippen molar-refractivity contribution in [2.45, 2.75) is 19.5 Å². The van der Waals surface area contributed by atoms with Gasteiger partial charge in [-0.1, -0.05) is 11.2 Å². The molecule has 23 heavy (non-hydrogen) atoms. The molecule has 0 radical (unpaired) electrons. The van der Waals surface area contributed by atoms with Crippen molar-refractivity contribution in [3.63, 3.8) is 0 Å². The highest BCUT2D eigenvalue weighted by atomic mass is 19.4. The van der Waals surface area contributed by atoms with Crippen LogP contribution in [0.2, 0.25) is 0 Å². The molecule has 0 bridgehead atoms. The highest BCUT2D eigenvalue weighted by molar-refractivity contribution is 6.04. The minimum absolute atomic E-state index is 0.0289. The van der Waals surface area contributed by atoms with Crippen molar-refractivity contribution in [2.24, 2.45) is 0 Å². The Morgan fingerprint density at radius 1 is 1.39 bits per heavy atom. The highest BCUT2D eigenvalue weighted by Gasteiger charge is 2.31. The summed E-state index contributed by atoms with van der Waals surface area (Å²) in [5.74, 6) is -0.228. The third kappa shape index (κ3) is 3.88. The number of aromatic nitrogens is 1. The zero-order valence-corrected chi connectivity index (χ0v) is 12.1. The first kappa shape index (κ1) is 16.5. The Bertz CT molecular complexity index is 747. The minimum atomic E-state index is -4.52. The second kappa shape index (κ2) is 6.52. The first-order chi connectivity index (χ1) is 10.8. The monoisotopic (exact) mass is 323 g/mol. The van der Waals surface area contributed by atoms with Crippen LogP contribution in [0.3, 0.4) is 0 Å². The maximum Gasteiger partial charge on any atom is 0.416 e. The number of hydrogen-bond acceptors (Lipinski definition) is 4. The maximum atomic E-state index is 12.8. The lowest BCUT2D eigenvalue weighted by atomic mass is 10.1. The topological polar surface area (TPSA) is 70.1 Å². The molecule has 0 aliphatic heterocycles. The van der Waals surface area contributed by atoms with Crippen LogP contribution in [-0.2, 0) is 6.18 Å². The molecule has 1 aromatic heterocycles. The Kier molecular flexibility index (Phi) is 4.69. The van der Waals surface area contributed by atoms with Crippen molar-refractivity contribution in [1.29, 1.82) is 5.26 Å². The van der Waals surface area contributed by atoms with Gasteiger partial charge < -0.3 is 9.42 Å². The zero-order chi connectivity index (χ0) is 17.0. The Labute approximate surface area is 129 Å². The smallest absolute Gasteiger partial charge is 0.361 e. The van der Waals surface area contributed by atoms with E-state index in [2.05, 4.69) is 5.16 Å². The summed E-state index contributed by atoms with van der Waals surface area (Å²) in [6.07, 6.45) is -4.55. The van der Waals surface area contributed by atoms with Crippen molar-refractivity contribution in [3.8, 4) is 6.07 Å². The molecular weight excluding hydrogens is 311 g/mol. The first-order valence-electron chi connectivity index (χ1n) is 6.62. The number of halogens is 3. The molecule has 0 aliphatic carbocycles. The molecule has 8 heteroatoms. The van der Waals surface area contributed by atoms with Gasteiger partial charge in [0.25, 0.3) is 5.91 Å². The summed E-state index contributed by atoms with van der Waals surface area (Å²) in [7, 11) is 0. The van der Waals surface area contributed by atoms with E-state index in [1.807, 2.05) is 6.07 Å². The maximum absolute atomic E-state index is 12.8. The van der Waals surface area contributed by atoms with E-state index in [9.17, 15) is 18.0 Å². The Morgan fingerprint density at radius 2 is 2.13 bits per heavy atom. The average molecular weight is 323 g/mol. The molecule has 0 fully saturated rings. The van der Waals surface area contributed by atoms with Crippen molar-refractivity contribution < 1.29 is 22.5 Å². The zero-order valence-electron chi connectivity index (χ0n) is 12.1. The fourth-order valence-electron chi connectivity index (χ4n) is 1.97. The standard InChI is InChI=1S/C15H12F3N3O2/c1-10-8-13(20-23-10)14(22)21(7-3-6-19)12-5-2-4-11(9-12)15(16,17)18/h2,4-5,8-9H,3,7H2,1H3. The Morgan fingerprint density at radius 3 is 2.70 bits per heavy atom. The van der Waals surface area contributed by atoms with E-state index in [0.717, 1.165) is 17.0 Å².